The van der Waals surface area contributed by atoms with E-state index < -0.39 is 18.3 Å². The molecule has 6 aromatic heterocycles. The predicted octanol–water partition coefficient (Wildman–Crippen LogP) is 11.7. The van der Waals surface area contributed by atoms with Gasteiger partial charge in [0.25, 0.3) is 0 Å². The first-order chi connectivity index (χ1) is 31.2. The highest BCUT2D eigenvalue weighted by Gasteiger charge is 2.47. The van der Waals surface area contributed by atoms with Gasteiger partial charge in [0.2, 0.25) is 5.78 Å². The number of ether oxygens (including phenoxy) is 2. The summed E-state index contributed by atoms with van der Waals surface area (Å²) < 4.78 is 19.5. The number of carbonyl (C=O) groups excluding carboxylic acids is 5. The van der Waals surface area contributed by atoms with Crippen LogP contribution in [0.1, 0.15) is 58.8 Å². The first-order valence-corrected chi connectivity index (χ1v) is 24.0. The van der Waals surface area contributed by atoms with Crippen LogP contribution >= 0.6 is 45.3 Å². The van der Waals surface area contributed by atoms with E-state index in [1.807, 2.05) is 60.7 Å². The zero-order valence-corrected chi connectivity index (χ0v) is 36.7. The molecule has 0 bridgehead atoms. The molecule has 0 aliphatic heterocycles. The van der Waals surface area contributed by atoms with Gasteiger partial charge in [-0.3, -0.25) is 14.4 Å². The van der Waals surface area contributed by atoms with Gasteiger partial charge in [0.15, 0.2) is 17.3 Å². The number of hydrogen-bond acceptors (Lipinski definition) is 14. The third-order valence-electron chi connectivity index (χ3n) is 12.3. The molecular formula is C48H32N4O8S4. The number of aliphatic imine (C=N–C) groups is 2. The molecule has 12 nitrogen and oxygen atoms in total. The fourth-order valence-electron chi connectivity index (χ4n) is 9.35. The number of fused-ring (bicyclic) bond motifs is 11. The van der Waals surface area contributed by atoms with E-state index in [4.69, 9.17) is 9.47 Å². The van der Waals surface area contributed by atoms with Crippen LogP contribution < -0.4 is 0 Å². The number of aliphatic hydroxyl groups is 1. The van der Waals surface area contributed by atoms with Gasteiger partial charge < -0.3 is 14.6 Å². The van der Waals surface area contributed by atoms with Crippen LogP contribution in [0.25, 0.3) is 50.3 Å². The summed E-state index contributed by atoms with van der Waals surface area (Å²) in [5.74, 6) is -1.40. The van der Waals surface area contributed by atoms with Gasteiger partial charge in [-0.1, -0.05) is 97.8 Å². The quantitative estimate of drug-likeness (QED) is 0.173. The maximum absolute atomic E-state index is 14.4. The van der Waals surface area contributed by atoms with Crippen molar-refractivity contribution in [1.29, 1.82) is 0 Å². The van der Waals surface area contributed by atoms with Gasteiger partial charge in [-0.25, -0.2) is 28.7 Å². The number of aliphatic hydroxyl groups excluding tert-OH is 1. The van der Waals surface area contributed by atoms with E-state index >= 15 is 0 Å². The second kappa shape index (κ2) is 15.1. The molecule has 2 fully saturated rings. The van der Waals surface area contributed by atoms with Crippen molar-refractivity contribution in [1.82, 2.24) is 9.13 Å². The number of benzene rings is 3. The molecule has 1 N–H and O–H groups in total. The number of thiophene rings is 4. The molecule has 316 valence electrons. The normalized spacial score (nSPS) is 19.3. The van der Waals surface area contributed by atoms with Crippen molar-refractivity contribution in [3.05, 3.63) is 119 Å². The van der Waals surface area contributed by atoms with Crippen LogP contribution in [0.4, 0.5) is 19.6 Å². The third-order valence-corrected chi connectivity index (χ3v) is 17.2. The lowest BCUT2D eigenvalue weighted by atomic mass is 9.81. The minimum atomic E-state index is -1.19. The summed E-state index contributed by atoms with van der Waals surface area (Å²) in [4.78, 5) is 78.5. The summed E-state index contributed by atoms with van der Waals surface area (Å²) in [6, 6.07) is 29.1. The zero-order valence-electron chi connectivity index (χ0n) is 33.4. The molecule has 12 rings (SSSR count). The highest BCUT2D eigenvalue weighted by molar-refractivity contribution is 7.40. The van der Waals surface area contributed by atoms with E-state index in [0.717, 1.165) is 52.2 Å². The molecule has 0 saturated heterocycles. The highest BCUT2D eigenvalue weighted by Crippen LogP contribution is 2.54. The van der Waals surface area contributed by atoms with E-state index in [1.54, 1.807) is 36.4 Å². The van der Waals surface area contributed by atoms with Crippen LogP contribution in [-0.4, -0.2) is 55.2 Å². The lowest BCUT2D eigenvalue weighted by Gasteiger charge is -2.20. The molecule has 0 radical (unpaired) electrons. The maximum Gasteiger partial charge on any atom is 0.419 e. The maximum atomic E-state index is 14.4. The van der Waals surface area contributed by atoms with Crippen molar-refractivity contribution in [2.24, 2.45) is 21.8 Å². The van der Waals surface area contributed by atoms with E-state index in [0.29, 0.717) is 56.0 Å². The van der Waals surface area contributed by atoms with Crippen LogP contribution in [0.2, 0.25) is 0 Å². The Kier molecular flexibility index (Phi) is 9.24. The SMILES string of the molecule is O=C1C(=Nc2cc3c(s2)c2sc4c(sc5c6sc(N=C7C(=O)C8CCCCC8C7=O)cc6n(C(=O)OCc6ccccc6)c54)c2n3C(=O)OCc2ccccc2)C(O)c2ccccc21. The van der Waals surface area contributed by atoms with Gasteiger partial charge in [0.05, 0.1) is 50.3 Å². The molecule has 3 aliphatic carbocycles. The number of rotatable bonds is 6. The molecule has 9 aromatic rings. The summed E-state index contributed by atoms with van der Waals surface area (Å²) in [6.45, 7) is 0.0396. The molecule has 0 spiro atoms. The van der Waals surface area contributed by atoms with Crippen LogP contribution in [0, 0.1) is 11.8 Å². The second-order valence-corrected chi connectivity index (χ2v) is 20.2. The Morgan fingerprint density at radius 2 is 1.08 bits per heavy atom. The molecular weight excluding hydrogens is 889 g/mol. The van der Waals surface area contributed by atoms with Crippen molar-refractivity contribution >= 4 is 147 Å². The first-order valence-electron chi connectivity index (χ1n) is 20.7. The second-order valence-electron chi connectivity index (χ2n) is 16.1. The summed E-state index contributed by atoms with van der Waals surface area (Å²) in [7, 11) is 0. The molecule has 6 heterocycles. The molecule has 0 amide bonds. The standard InChI is InChI=1S/C48H32N4O8S4/c53-37-25-15-7-8-16-26(25)38(54)33(37)49-31-19-29-41(61-31)43-35(51(29)47(57)59-21-23-11-3-1-4-12-23)45-46(63-43)36-44(64-45)42-30(52(36)48(58)60-22-24-13-5-2-6-14-24)20-32(62-42)50-34-39(55)27-17-9-10-18-28(27)40(34)56/h1-8,11-16,19-20,27-28,37,53H,9-10,17-18,21-22H2. The van der Waals surface area contributed by atoms with Crippen molar-refractivity contribution in [2.75, 3.05) is 0 Å². The Hall–Kier alpha value is -6.43. The van der Waals surface area contributed by atoms with Crippen molar-refractivity contribution < 1.29 is 38.6 Å². The number of carbonyl (C=O) groups is 5. The lowest BCUT2D eigenvalue weighted by molar-refractivity contribution is -0.120. The van der Waals surface area contributed by atoms with E-state index in [1.165, 1.54) is 54.5 Å². The molecule has 64 heavy (non-hydrogen) atoms. The molecule has 2 saturated carbocycles. The Morgan fingerprint density at radius 1 is 0.609 bits per heavy atom. The average Bonchev–Trinajstić information content (AvgIpc) is 4.20. The van der Waals surface area contributed by atoms with Crippen molar-refractivity contribution in [2.45, 2.75) is 45.0 Å². The Morgan fingerprint density at radius 3 is 1.59 bits per heavy atom. The monoisotopic (exact) mass is 920 g/mol. The number of ketones is 3. The van der Waals surface area contributed by atoms with E-state index in [-0.39, 0.29) is 53.8 Å². The highest BCUT2D eigenvalue weighted by atomic mass is 32.1. The Labute approximate surface area is 378 Å². The third kappa shape index (κ3) is 6.04. The van der Waals surface area contributed by atoms with Crippen LogP contribution in [-0.2, 0) is 32.3 Å². The number of hydrogen-bond donors (Lipinski definition) is 1. The molecule has 3 aromatic carbocycles. The largest absolute Gasteiger partial charge is 0.444 e. The Bertz CT molecular complexity index is 3520. The van der Waals surface area contributed by atoms with Gasteiger partial charge in [-0.2, -0.15) is 0 Å². The van der Waals surface area contributed by atoms with Gasteiger partial charge in [-0.05, 0) is 41.7 Å². The van der Waals surface area contributed by atoms with Crippen LogP contribution in [0.15, 0.2) is 107 Å². The number of nitrogens with zero attached hydrogens (tertiary/aromatic N) is 4. The molecule has 3 atom stereocenters. The fraction of sp³-hybridized carbons (Fsp3) is 0.188. The minimum absolute atomic E-state index is 0.00450. The number of Topliss-reactive ketones (excluding diaryl/α,β-unsaturated/α-hetero) is 3. The Balaban J connectivity index is 1.03. The molecule has 16 heteroatoms. The summed E-state index contributed by atoms with van der Waals surface area (Å²) in [5.41, 5.74) is 4.76. The summed E-state index contributed by atoms with van der Waals surface area (Å²) in [6.07, 6.45) is 0.756. The zero-order chi connectivity index (χ0) is 43.4. The van der Waals surface area contributed by atoms with Gasteiger partial charge >= 0.3 is 12.2 Å². The van der Waals surface area contributed by atoms with E-state index in [9.17, 15) is 29.1 Å². The smallest absolute Gasteiger partial charge is 0.419 e. The van der Waals surface area contributed by atoms with Crippen LogP contribution in [0.3, 0.4) is 0 Å². The van der Waals surface area contributed by atoms with E-state index in [2.05, 4.69) is 9.98 Å². The first kappa shape index (κ1) is 39.2. The summed E-state index contributed by atoms with van der Waals surface area (Å²) >= 11 is 5.43. The molecule has 3 aliphatic rings. The summed E-state index contributed by atoms with van der Waals surface area (Å²) in [5, 5.41) is 12.0. The van der Waals surface area contributed by atoms with Crippen LogP contribution in [0.5, 0.6) is 0 Å². The number of aromatic nitrogens is 2. The van der Waals surface area contributed by atoms with Crippen molar-refractivity contribution in [3.8, 4) is 0 Å². The predicted molar refractivity (Wildman–Crippen MR) is 251 cm³/mol. The van der Waals surface area contributed by atoms with Gasteiger partial charge in [-0.15, -0.1) is 45.3 Å². The van der Waals surface area contributed by atoms with Crippen molar-refractivity contribution in [3.63, 3.8) is 0 Å². The van der Waals surface area contributed by atoms with Gasteiger partial charge in [0, 0.05) is 17.4 Å². The van der Waals surface area contributed by atoms with Gasteiger partial charge in [0.1, 0.15) is 35.0 Å². The minimum Gasteiger partial charge on any atom is -0.444 e. The lowest BCUT2D eigenvalue weighted by Crippen LogP contribution is -2.21. The fourth-order valence-corrected chi connectivity index (χ4v) is 14.5. The topological polar surface area (TPSA) is 159 Å². The molecule has 3 unspecified atom stereocenters. The average molecular weight is 921 g/mol.